The maximum Gasteiger partial charge on any atom is 0.148 e. The molecule has 0 aliphatic carbocycles. The van der Waals surface area contributed by atoms with Gasteiger partial charge in [0.25, 0.3) is 0 Å². The molecule has 0 amide bonds. The van der Waals surface area contributed by atoms with E-state index in [0.29, 0.717) is 0 Å². The lowest BCUT2D eigenvalue weighted by molar-refractivity contribution is 0.622. The van der Waals surface area contributed by atoms with Crippen LogP contribution in [0.5, 0.6) is 0 Å². The van der Waals surface area contributed by atoms with Gasteiger partial charge >= 0.3 is 0 Å². The van der Waals surface area contributed by atoms with Gasteiger partial charge in [0.05, 0.1) is 4.90 Å². The number of hydrogen-bond acceptors (Lipinski definition) is 2. The maximum atomic E-state index is 6.17. The molecule has 0 atom stereocenters. The first-order valence-corrected chi connectivity index (χ1v) is 8.45. The van der Waals surface area contributed by atoms with Crippen LogP contribution < -0.4 is 0 Å². The lowest BCUT2D eigenvalue weighted by Gasteiger charge is -2.00. The fraction of sp³-hybridized carbons (Fsp3) is 0.176. The highest BCUT2D eigenvalue weighted by Crippen LogP contribution is 2.41. The number of furan rings is 1. The molecule has 0 saturated carbocycles. The second-order valence-corrected chi connectivity index (χ2v) is 6.66. The van der Waals surface area contributed by atoms with Crippen LogP contribution >= 0.6 is 27.7 Å². The van der Waals surface area contributed by atoms with E-state index < -0.39 is 0 Å². The molecular formula is C17H15BrOS. The Balaban J connectivity index is 2.30. The van der Waals surface area contributed by atoms with Crippen molar-refractivity contribution in [3.63, 3.8) is 0 Å². The number of rotatable bonds is 2. The van der Waals surface area contributed by atoms with Crippen LogP contribution in [0.1, 0.15) is 11.1 Å². The van der Waals surface area contributed by atoms with E-state index in [9.17, 15) is 0 Å². The van der Waals surface area contributed by atoms with E-state index in [-0.39, 0.29) is 0 Å². The summed E-state index contributed by atoms with van der Waals surface area (Å²) in [4.78, 5) is 1.22. The molecule has 0 aliphatic rings. The summed E-state index contributed by atoms with van der Waals surface area (Å²) in [5.74, 6) is 0.966. The number of aryl methyl sites for hydroxylation is 2. The Morgan fingerprint density at radius 1 is 1.05 bits per heavy atom. The molecular weight excluding hydrogens is 332 g/mol. The molecule has 0 aliphatic heterocycles. The zero-order chi connectivity index (χ0) is 14.3. The fourth-order valence-corrected chi connectivity index (χ4v) is 3.50. The number of fused-ring (bicyclic) bond motifs is 1. The van der Waals surface area contributed by atoms with E-state index in [1.165, 1.54) is 21.4 Å². The summed E-state index contributed by atoms with van der Waals surface area (Å²) in [6, 6.07) is 12.6. The van der Waals surface area contributed by atoms with Crippen LogP contribution in [0.2, 0.25) is 0 Å². The van der Waals surface area contributed by atoms with Crippen LogP contribution in [0.25, 0.3) is 22.3 Å². The molecule has 0 radical (unpaired) electrons. The third kappa shape index (κ3) is 2.29. The Hall–Kier alpha value is -1.19. The molecule has 0 bridgehead atoms. The first-order valence-electron chi connectivity index (χ1n) is 6.44. The minimum atomic E-state index is 0.966. The highest BCUT2D eigenvalue weighted by molar-refractivity contribution is 9.10. The van der Waals surface area contributed by atoms with Crippen LogP contribution in [-0.2, 0) is 0 Å². The van der Waals surface area contributed by atoms with Crippen molar-refractivity contribution < 1.29 is 4.42 Å². The zero-order valence-electron chi connectivity index (χ0n) is 11.7. The van der Waals surface area contributed by atoms with Gasteiger partial charge in [-0.25, -0.2) is 0 Å². The predicted octanol–water partition coefficient (Wildman–Crippen LogP) is 6.20. The van der Waals surface area contributed by atoms with Crippen LogP contribution in [0.15, 0.2) is 50.2 Å². The van der Waals surface area contributed by atoms with E-state index in [4.69, 9.17) is 4.42 Å². The average Bonchev–Trinajstić information content (AvgIpc) is 2.78. The first-order chi connectivity index (χ1) is 9.60. The predicted molar refractivity (Wildman–Crippen MR) is 90.6 cm³/mol. The second-order valence-electron chi connectivity index (χ2n) is 4.93. The third-order valence-corrected chi connectivity index (χ3v) is 4.73. The Bertz CT molecular complexity index is 772. The van der Waals surface area contributed by atoms with Crippen LogP contribution in [0.3, 0.4) is 0 Å². The van der Waals surface area contributed by atoms with E-state index in [2.05, 4.69) is 60.3 Å². The largest absolute Gasteiger partial charge is 0.455 e. The summed E-state index contributed by atoms with van der Waals surface area (Å²) in [5.41, 5.74) is 4.58. The Morgan fingerprint density at radius 2 is 1.75 bits per heavy atom. The molecule has 0 spiro atoms. The molecule has 3 aromatic rings. The zero-order valence-corrected chi connectivity index (χ0v) is 14.1. The van der Waals surface area contributed by atoms with Crippen molar-refractivity contribution in [3.8, 4) is 11.3 Å². The minimum Gasteiger partial charge on any atom is -0.455 e. The monoisotopic (exact) mass is 346 g/mol. The molecule has 2 aromatic carbocycles. The fourth-order valence-electron chi connectivity index (χ4n) is 2.52. The van der Waals surface area contributed by atoms with Gasteiger partial charge in [-0.1, -0.05) is 34.1 Å². The lowest BCUT2D eigenvalue weighted by Crippen LogP contribution is -1.78. The van der Waals surface area contributed by atoms with Gasteiger partial charge in [-0.15, -0.1) is 11.8 Å². The summed E-state index contributed by atoms with van der Waals surface area (Å²) in [7, 11) is 0. The quantitative estimate of drug-likeness (QED) is 0.512. The van der Waals surface area contributed by atoms with Crippen molar-refractivity contribution >= 4 is 38.7 Å². The molecule has 0 saturated heterocycles. The van der Waals surface area contributed by atoms with Crippen molar-refractivity contribution in [2.45, 2.75) is 18.7 Å². The SMILES string of the molecule is CSc1c(-c2ccc(Br)cc2)oc2c(C)cc(C)cc12. The highest BCUT2D eigenvalue weighted by Gasteiger charge is 2.16. The highest BCUT2D eigenvalue weighted by atomic mass is 79.9. The van der Waals surface area contributed by atoms with Gasteiger partial charge in [-0.2, -0.15) is 0 Å². The summed E-state index contributed by atoms with van der Waals surface area (Å²) in [6.45, 7) is 4.23. The van der Waals surface area contributed by atoms with Gasteiger partial charge in [0.15, 0.2) is 0 Å². The summed E-state index contributed by atoms with van der Waals surface area (Å²) >= 11 is 5.22. The van der Waals surface area contributed by atoms with Crippen molar-refractivity contribution in [1.29, 1.82) is 0 Å². The number of halogens is 1. The minimum absolute atomic E-state index is 0.966. The summed E-state index contributed by atoms with van der Waals surface area (Å²) < 4.78 is 7.24. The van der Waals surface area contributed by atoms with Gasteiger partial charge in [0, 0.05) is 15.4 Å². The molecule has 0 fully saturated rings. The van der Waals surface area contributed by atoms with Crippen LogP contribution in [-0.4, -0.2) is 6.26 Å². The summed E-state index contributed by atoms with van der Waals surface area (Å²) in [6.07, 6.45) is 2.10. The Morgan fingerprint density at radius 3 is 2.40 bits per heavy atom. The standard InChI is InChI=1S/C17H15BrOS/c1-10-8-11(2)15-14(9-10)17(20-3)16(19-15)12-4-6-13(18)7-5-12/h4-9H,1-3H3. The normalized spacial score (nSPS) is 11.2. The van der Waals surface area contributed by atoms with E-state index in [1.807, 2.05) is 12.1 Å². The second kappa shape index (κ2) is 5.30. The molecule has 1 heterocycles. The van der Waals surface area contributed by atoms with E-state index in [1.54, 1.807) is 11.8 Å². The van der Waals surface area contributed by atoms with Gasteiger partial charge in [-0.3, -0.25) is 0 Å². The first kappa shape index (κ1) is 13.8. The van der Waals surface area contributed by atoms with E-state index >= 15 is 0 Å². The molecule has 0 unspecified atom stereocenters. The molecule has 20 heavy (non-hydrogen) atoms. The van der Waals surface area contributed by atoms with Crippen molar-refractivity contribution in [1.82, 2.24) is 0 Å². The number of benzene rings is 2. The third-order valence-electron chi connectivity index (χ3n) is 3.38. The number of thioether (sulfide) groups is 1. The van der Waals surface area contributed by atoms with E-state index in [0.717, 1.165) is 21.4 Å². The van der Waals surface area contributed by atoms with Gasteiger partial charge in [0.1, 0.15) is 11.3 Å². The summed E-state index contributed by atoms with van der Waals surface area (Å²) in [5, 5.41) is 1.22. The molecule has 0 N–H and O–H groups in total. The molecule has 3 rings (SSSR count). The van der Waals surface area contributed by atoms with Crippen LogP contribution in [0, 0.1) is 13.8 Å². The smallest absolute Gasteiger partial charge is 0.148 e. The Labute approximate surface area is 131 Å². The molecule has 3 heteroatoms. The van der Waals surface area contributed by atoms with Gasteiger partial charge < -0.3 is 4.42 Å². The van der Waals surface area contributed by atoms with Crippen molar-refractivity contribution in [2.75, 3.05) is 6.26 Å². The molecule has 102 valence electrons. The maximum absolute atomic E-state index is 6.17. The van der Waals surface area contributed by atoms with Gasteiger partial charge in [0.2, 0.25) is 0 Å². The van der Waals surface area contributed by atoms with Gasteiger partial charge in [-0.05, 0) is 49.4 Å². The van der Waals surface area contributed by atoms with Crippen molar-refractivity contribution in [2.24, 2.45) is 0 Å². The Kier molecular flexibility index (Phi) is 3.65. The van der Waals surface area contributed by atoms with Crippen molar-refractivity contribution in [3.05, 3.63) is 52.0 Å². The number of hydrogen-bond donors (Lipinski definition) is 0. The van der Waals surface area contributed by atoms with Crippen LogP contribution in [0.4, 0.5) is 0 Å². The lowest BCUT2D eigenvalue weighted by atomic mass is 10.1. The topological polar surface area (TPSA) is 13.1 Å². The molecule has 1 nitrogen and oxygen atoms in total. The average molecular weight is 347 g/mol. The molecule has 1 aromatic heterocycles.